The zero-order chi connectivity index (χ0) is 18.1. The van der Waals surface area contributed by atoms with Gasteiger partial charge in [0, 0.05) is 42.5 Å². The third kappa shape index (κ3) is 3.48. The maximum absolute atomic E-state index is 9.51. The number of halogens is 1. The number of nitriles is 1. The van der Waals surface area contributed by atoms with Gasteiger partial charge in [-0.1, -0.05) is 11.6 Å². The van der Waals surface area contributed by atoms with Gasteiger partial charge in [-0.3, -0.25) is 0 Å². The van der Waals surface area contributed by atoms with Gasteiger partial charge in [0.05, 0.1) is 17.3 Å². The van der Waals surface area contributed by atoms with Gasteiger partial charge in [0.2, 0.25) is 5.96 Å². The molecular weight excluding hydrogens is 336 g/mol. The highest BCUT2D eigenvalue weighted by molar-refractivity contribution is 6.31. The van der Waals surface area contributed by atoms with Crippen LogP contribution in [0.3, 0.4) is 0 Å². The zero-order valence-electron chi connectivity index (χ0n) is 15.1. The maximum Gasteiger partial charge on any atom is 0.223 e. The van der Waals surface area contributed by atoms with Crippen molar-refractivity contribution in [3.05, 3.63) is 28.3 Å². The van der Waals surface area contributed by atoms with Crippen molar-refractivity contribution in [3.8, 4) is 6.07 Å². The molecule has 1 saturated heterocycles. The van der Waals surface area contributed by atoms with Crippen LogP contribution in [0.1, 0.15) is 37.9 Å². The average Bonchev–Trinajstić information content (AvgIpc) is 2.57. The minimum absolute atomic E-state index is 0.0390. The highest BCUT2D eigenvalue weighted by Crippen LogP contribution is 2.39. The van der Waals surface area contributed by atoms with Crippen molar-refractivity contribution in [2.24, 2.45) is 10.1 Å². The molecule has 1 aromatic carbocycles. The van der Waals surface area contributed by atoms with E-state index in [0.717, 1.165) is 43.4 Å². The lowest BCUT2D eigenvalue weighted by Gasteiger charge is -2.41. The fourth-order valence-corrected chi connectivity index (χ4v) is 3.40. The number of hydrogen-bond acceptors (Lipinski definition) is 6. The molecule has 0 aromatic heterocycles. The number of likely N-dealkylation sites (N-methyl/N-ethyl adjacent to an activating group) is 1. The lowest BCUT2D eigenvalue weighted by atomic mass is 10.0. The van der Waals surface area contributed by atoms with Crippen molar-refractivity contribution in [3.63, 3.8) is 0 Å². The molecular formula is C18H23ClN6. The standard InChI is InChI=1S/C18H23ClN6/c1-12(2)22-25-13(3)16-10-15(19)9-14(11-20)17(16)21-18(25)24-7-5-23(4)6-8-24/h9-10,13H,5-8H2,1-4H3. The van der Waals surface area contributed by atoms with E-state index in [9.17, 15) is 5.26 Å². The summed E-state index contributed by atoms with van der Waals surface area (Å²) in [5.74, 6) is 0.813. The summed E-state index contributed by atoms with van der Waals surface area (Å²) in [7, 11) is 2.12. The third-order valence-electron chi connectivity index (χ3n) is 4.55. The molecule has 6 nitrogen and oxygen atoms in total. The van der Waals surface area contributed by atoms with Crippen molar-refractivity contribution in [2.75, 3.05) is 33.2 Å². The molecule has 1 aromatic rings. The van der Waals surface area contributed by atoms with E-state index in [1.54, 1.807) is 6.07 Å². The molecule has 2 heterocycles. The average molecular weight is 359 g/mol. The van der Waals surface area contributed by atoms with Crippen LogP contribution in [-0.2, 0) is 0 Å². The van der Waals surface area contributed by atoms with E-state index in [1.165, 1.54) is 0 Å². The fourth-order valence-electron chi connectivity index (χ4n) is 3.17. The van der Waals surface area contributed by atoms with Gasteiger partial charge in [0.1, 0.15) is 6.07 Å². The first-order valence-corrected chi connectivity index (χ1v) is 8.85. The Hall–Kier alpha value is -2.10. The molecule has 3 rings (SSSR count). The topological polar surface area (TPSA) is 58.2 Å². The number of rotatable bonds is 1. The predicted octanol–water partition coefficient (Wildman–Crippen LogP) is 3.22. The number of piperazine rings is 1. The van der Waals surface area contributed by atoms with Crippen LogP contribution in [0.5, 0.6) is 0 Å². The minimum Gasteiger partial charge on any atom is -0.338 e. The van der Waals surface area contributed by atoms with E-state index < -0.39 is 0 Å². The van der Waals surface area contributed by atoms with E-state index in [0.29, 0.717) is 16.3 Å². The summed E-state index contributed by atoms with van der Waals surface area (Å²) in [6.07, 6.45) is 0. The quantitative estimate of drug-likeness (QED) is 0.723. The summed E-state index contributed by atoms with van der Waals surface area (Å²) in [5, 5.41) is 16.7. The van der Waals surface area contributed by atoms with E-state index in [4.69, 9.17) is 21.7 Å². The summed E-state index contributed by atoms with van der Waals surface area (Å²) < 4.78 is 0. The van der Waals surface area contributed by atoms with Gasteiger partial charge in [-0.25, -0.2) is 10.0 Å². The Kier molecular flexibility index (Phi) is 4.98. The molecule has 0 spiro atoms. The molecule has 0 saturated carbocycles. The monoisotopic (exact) mass is 358 g/mol. The second-order valence-corrected chi connectivity index (χ2v) is 7.21. The van der Waals surface area contributed by atoms with Crippen molar-refractivity contribution >= 4 is 29.0 Å². The first-order chi connectivity index (χ1) is 11.9. The Morgan fingerprint density at radius 2 is 1.96 bits per heavy atom. The third-order valence-corrected chi connectivity index (χ3v) is 4.77. The molecule has 132 valence electrons. The Balaban J connectivity index is 2.12. The molecule has 0 amide bonds. The predicted molar refractivity (Wildman–Crippen MR) is 101 cm³/mol. The second-order valence-electron chi connectivity index (χ2n) is 6.77. The fraction of sp³-hybridized carbons (Fsp3) is 0.500. The molecule has 0 radical (unpaired) electrons. The van der Waals surface area contributed by atoms with Crippen LogP contribution < -0.4 is 0 Å². The lowest BCUT2D eigenvalue weighted by molar-refractivity contribution is 0.186. The Labute approximate surface area is 154 Å². The van der Waals surface area contributed by atoms with Crippen LogP contribution in [-0.4, -0.2) is 59.7 Å². The zero-order valence-corrected chi connectivity index (χ0v) is 15.9. The molecule has 0 N–H and O–H groups in total. The van der Waals surface area contributed by atoms with Crippen LogP contribution >= 0.6 is 11.6 Å². The summed E-state index contributed by atoms with van der Waals surface area (Å²) >= 11 is 6.21. The van der Waals surface area contributed by atoms with E-state index >= 15 is 0 Å². The first-order valence-electron chi connectivity index (χ1n) is 8.47. The number of fused-ring (bicyclic) bond motifs is 1. The molecule has 1 atom stereocenters. The lowest BCUT2D eigenvalue weighted by Crippen LogP contribution is -2.52. The van der Waals surface area contributed by atoms with Crippen LogP contribution in [0.15, 0.2) is 22.2 Å². The molecule has 0 bridgehead atoms. The summed E-state index contributed by atoms with van der Waals surface area (Å²) in [6.45, 7) is 9.77. The van der Waals surface area contributed by atoms with Gasteiger partial charge in [-0.05, 0) is 40.0 Å². The Bertz CT molecular complexity index is 767. The largest absolute Gasteiger partial charge is 0.338 e. The van der Waals surface area contributed by atoms with Gasteiger partial charge in [-0.2, -0.15) is 10.4 Å². The van der Waals surface area contributed by atoms with Gasteiger partial charge >= 0.3 is 0 Å². The Morgan fingerprint density at radius 3 is 2.56 bits per heavy atom. The van der Waals surface area contributed by atoms with Crippen molar-refractivity contribution in [1.29, 1.82) is 5.26 Å². The number of hydrogen-bond donors (Lipinski definition) is 0. The van der Waals surface area contributed by atoms with Crippen molar-refractivity contribution in [2.45, 2.75) is 26.8 Å². The van der Waals surface area contributed by atoms with Crippen molar-refractivity contribution in [1.82, 2.24) is 14.8 Å². The summed E-state index contributed by atoms with van der Waals surface area (Å²) in [6, 6.07) is 5.76. The van der Waals surface area contributed by atoms with E-state index in [-0.39, 0.29) is 6.04 Å². The summed E-state index contributed by atoms with van der Waals surface area (Å²) in [4.78, 5) is 9.41. The van der Waals surface area contributed by atoms with Gasteiger partial charge < -0.3 is 9.80 Å². The number of aliphatic imine (C=N–C) groups is 1. The van der Waals surface area contributed by atoms with Gasteiger partial charge in [-0.15, -0.1) is 0 Å². The molecule has 1 fully saturated rings. The maximum atomic E-state index is 9.51. The molecule has 25 heavy (non-hydrogen) atoms. The molecule has 2 aliphatic heterocycles. The second kappa shape index (κ2) is 7.03. The molecule has 1 unspecified atom stereocenters. The van der Waals surface area contributed by atoms with Crippen LogP contribution in [0.2, 0.25) is 5.02 Å². The Morgan fingerprint density at radius 1 is 1.28 bits per heavy atom. The number of guanidine groups is 1. The first kappa shape index (κ1) is 17.7. The van der Waals surface area contributed by atoms with Crippen LogP contribution in [0.25, 0.3) is 0 Å². The van der Waals surface area contributed by atoms with Crippen LogP contribution in [0, 0.1) is 11.3 Å². The van der Waals surface area contributed by atoms with Gasteiger partial charge in [0.25, 0.3) is 0 Å². The molecule has 2 aliphatic rings. The number of benzene rings is 1. The normalized spacial score (nSPS) is 20.6. The summed E-state index contributed by atoms with van der Waals surface area (Å²) in [5.41, 5.74) is 3.12. The molecule has 0 aliphatic carbocycles. The van der Waals surface area contributed by atoms with Crippen LogP contribution in [0.4, 0.5) is 5.69 Å². The molecule has 7 heteroatoms. The highest BCUT2D eigenvalue weighted by Gasteiger charge is 2.33. The number of hydrazone groups is 1. The highest BCUT2D eigenvalue weighted by atomic mass is 35.5. The SMILES string of the molecule is CC(C)=NN1C(N2CCN(C)CC2)=Nc2c(C#N)cc(Cl)cc2C1C. The minimum atomic E-state index is -0.0390. The van der Waals surface area contributed by atoms with Gasteiger partial charge in [0.15, 0.2) is 0 Å². The van der Waals surface area contributed by atoms with E-state index in [1.807, 2.05) is 24.9 Å². The van der Waals surface area contributed by atoms with E-state index in [2.05, 4.69) is 29.8 Å². The van der Waals surface area contributed by atoms with Crippen molar-refractivity contribution < 1.29 is 0 Å². The number of nitrogens with zero attached hydrogens (tertiary/aromatic N) is 6. The smallest absolute Gasteiger partial charge is 0.223 e.